The molecule has 6 amide bonds. The van der Waals surface area contributed by atoms with E-state index in [9.17, 15) is 28.8 Å². The van der Waals surface area contributed by atoms with E-state index in [4.69, 9.17) is 0 Å². The lowest BCUT2D eigenvalue weighted by atomic mass is 9.86. The van der Waals surface area contributed by atoms with Crippen molar-refractivity contribution in [3.05, 3.63) is 35.4 Å². The Balaban J connectivity index is 1.22. The summed E-state index contributed by atoms with van der Waals surface area (Å²) in [6, 6.07) is 4.47. The van der Waals surface area contributed by atoms with Crippen molar-refractivity contribution in [1.29, 1.82) is 0 Å². The number of benzene rings is 1. The molecule has 2 aliphatic heterocycles. The molecule has 3 aliphatic carbocycles. The number of rotatable bonds is 13. The number of nitrogens with one attached hydrogen (secondary N) is 4. The van der Waals surface area contributed by atoms with E-state index < -0.39 is 41.8 Å². The number of carbonyl (C=O) groups is 6. The number of fused-ring (bicyclic) bond motifs is 2. The first-order valence-corrected chi connectivity index (χ1v) is 19.5. The molecular formula is C40H58N6O6. The van der Waals surface area contributed by atoms with Gasteiger partial charge < -0.3 is 31.1 Å². The minimum absolute atomic E-state index is 0.0136. The lowest BCUT2D eigenvalue weighted by Gasteiger charge is -2.38. The van der Waals surface area contributed by atoms with Crippen LogP contribution in [0.1, 0.15) is 97.6 Å². The number of nitrogens with zero attached hydrogens (tertiary/aromatic N) is 2. The van der Waals surface area contributed by atoms with Crippen LogP contribution in [0.4, 0.5) is 4.79 Å². The van der Waals surface area contributed by atoms with Gasteiger partial charge in [-0.25, -0.2) is 4.79 Å². The zero-order valence-corrected chi connectivity index (χ0v) is 31.8. The van der Waals surface area contributed by atoms with E-state index in [1.165, 1.54) is 0 Å². The topological polar surface area (TPSA) is 157 Å². The van der Waals surface area contributed by atoms with Crippen LogP contribution in [0.25, 0.3) is 0 Å². The van der Waals surface area contributed by atoms with E-state index in [0.717, 1.165) is 36.8 Å². The maximum absolute atomic E-state index is 14.9. The fourth-order valence-corrected chi connectivity index (χ4v) is 8.81. The Morgan fingerprint density at radius 1 is 0.962 bits per heavy atom. The molecule has 2 heterocycles. The van der Waals surface area contributed by atoms with Crippen molar-refractivity contribution in [3.8, 4) is 0 Å². The molecule has 4 fully saturated rings. The molecule has 2 saturated carbocycles. The molecule has 0 spiro atoms. The minimum atomic E-state index is -0.987. The number of amides is 6. The summed E-state index contributed by atoms with van der Waals surface area (Å²) in [7, 11) is 0. The van der Waals surface area contributed by atoms with Gasteiger partial charge in [0.1, 0.15) is 12.1 Å². The van der Waals surface area contributed by atoms with Crippen LogP contribution in [0.3, 0.4) is 0 Å². The molecule has 4 N–H and O–H groups in total. The molecule has 12 nitrogen and oxygen atoms in total. The highest BCUT2D eigenvalue weighted by Crippen LogP contribution is 2.65. The summed E-state index contributed by atoms with van der Waals surface area (Å²) >= 11 is 0. The van der Waals surface area contributed by atoms with Gasteiger partial charge in [0.25, 0.3) is 5.91 Å². The predicted octanol–water partition coefficient (Wildman–Crippen LogP) is 3.11. The second-order valence-corrected chi connectivity index (χ2v) is 17.6. The third kappa shape index (κ3) is 8.00. The molecule has 2 saturated heterocycles. The Hall–Kier alpha value is -3.96. The molecule has 0 radical (unpaired) electrons. The predicted molar refractivity (Wildman–Crippen MR) is 196 cm³/mol. The van der Waals surface area contributed by atoms with Crippen LogP contribution >= 0.6 is 0 Å². The van der Waals surface area contributed by atoms with Crippen LogP contribution in [0.5, 0.6) is 0 Å². The summed E-state index contributed by atoms with van der Waals surface area (Å²) in [5.74, 6) is -2.27. The summed E-state index contributed by atoms with van der Waals surface area (Å²) in [6.07, 6.45) is 6.09. The highest BCUT2D eigenvalue weighted by molar-refractivity contribution is 6.38. The molecule has 0 bridgehead atoms. The van der Waals surface area contributed by atoms with Crippen LogP contribution in [-0.2, 0) is 36.8 Å². The minimum Gasteiger partial charge on any atom is -0.347 e. The van der Waals surface area contributed by atoms with Crippen molar-refractivity contribution in [3.63, 3.8) is 0 Å². The van der Waals surface area contributed by atoms with Crippen molar-refractivity contribution >= 4 is 35.4 Å². The molecule has 6 atom stereocenters. The highest BCUT2D eigenvalue weighted by Gasteiger charge is 2.70. The fraction of sp³-hybridized carbons (Fsp3) is 0.700. The van der Waals surface area contributed by atoms with Crippen molar-refractivity contribution < 1.29 is 28.8 Å². The maximum Gasteiger partial charge on any atom is 0.315 e. The molecule has 0 aromatic heterocycles. The van der Waals surface area contributed by atoms with Gasteiger partial charge in [-0.3, -0.25) is 24.0 Å². The van der Waals surface area contributed by atoms with Gasteiger partial charge in [0.15, 0.2) is 0 Å². The van der Waals surface area contributed by atoms with Gasteiger partial charge in [0, 0.05) is 32.1 Å². The number of urea groups is 1. The largest absolute Gasteiger partial charge is 0.347 e. The maximum atomic E-state index is 14.9. The number of Topliss-reactive ketones (excluding diaryl/α,β-unsaturated/α-hetero) is 1. The van der Waals surface area contributed by atoms with Crippen molar-refractivity contribution in [2.24, 2.45) is 28.6 Å². The average molecular weight is 719 g/mol. The summed E-state index contributed by atoms with van der Waals surface area (Å²) in [6.45, 7) is 13.6. The van der Waals surface area contributed by atoms with E-state index in [1.807, 2.05) is 44.7 Å². The number of piperidine rings is 2. The zero-order chi connectivity index (χ0) is 37.5. The summed E-state index contributed by atoms with van der Waals surface area (Å²) in [5, 5.41) is 11.8. The lowest BCUT2D eigenvalue weighted by molar-refractivity contribution is -0.144. The molecule has 1 aromatic rings. The van der Waals surface area contributed by atoms with Crippen LogP contribution in [0.15, 0.2) is 24.3 Å². The molecule has 284 valence electrons. The first kappa shape index (κ1) is 37.8. The first-order chi connectivity index (χ1) is 24.6. The van der Waals surface area contributed by atoms with E-state index in [0.29, 0.717) is 51.7 Å². The third-order valence-corrected chi connectivity index (χ3v) is 12.4. The standard InChI is InChI=1S/C40H58N6O6/c1-7-12-28(34(48)36(50)41-26-16-17-26)42-35(49)33-31-27(40(31,5)6)21-46(33)37(51)32(25-19-23-13-8-9-14-24(23)20-25)44-38(52)43-29(39(2,3)4)22-45-18-11-10-15-30(45)47/h8-9,13-14,25-29,31-33H,7,10-12,15-22H2,1-6H3,(H,41,50)(H,42,49)(H2,43,44,52)/t27-,28?,29+,31-,32-,33-/m0/s1. The van der Waals surface area contributed by atoms with E-state index in [2.05, 4.69) is 47.2 Å². The van der Waals surface area contributed by atoms with Gasteiger partial charge in [-0.05, 0) is 84.7 Å². The van der Waals surface area contributed by atoms with Gasteiger partial charge >= 0.3 is 6.03 Å². The van der Waals surface area contributed by atoms with Gasteiger partial charge in [0.05, 0.1) is 12.1 Å². The summed E-state index contributed by atoms with van der Waals surface area (Å²) in [5.41, 5.74) is 1.72. The highest BCUT2D eigenvalue weighted by atomic mass is 16.2. The normalized spacial score (nSPS) is 25.3. The quantitative estimate of drug-likeness (QED) is 0.230. The molecule has 1 unspecified atom stereocenters. The summed E-state index contributed by atoms with van der Waals surface area (Å²) < 4.78 is 0. The average Bonchev–Trinajstić information content (AvgIpc) is 3.84. The Morgan fingerprint density at radius 3 is 2.23 bits per heavy atom. The smallest absolute Gasteiger partial charge is 0.315 e. The third-order valence-electron chi connectivity index (χ3n) is 12.4. The monoisotopic (exact) mass is 718 g/mol. The zero-order valence-electron chi connectivity index (χ0n) is 31.8. The van der Waals surface area contributed by atoms with E-state index in [1.54, 1.807) is 4.90 Å². The fourth-order valence-electron chi connectivity index (χ4n) is 8.81. The Labute approximate surface area is 307 Å². The van der Waals surface area contributed by atoms with Gasteiger partial charge in [-0.2, -0.15) is 0 Å². The molecule has 6 rings (SSSR count). The molecule has 1 aromatic carbocycles. The van der Waals surface area contributed by atoms with Crippen molar-refractivity contribution in [2.75, 3.05) is 19.6 Å². The van der Waals surface area contributed by atoms with E-state index >= 15 is 0 Å². The Morgan fingerprint density at radius 2 is 1.63 bits per heavy atom. The second-order valence-electron chi connectivity index (χ2n) is 17.6. The Kier molecular flexibility index (Phi) is 10.8. The number of likely N-dealkylation sites (tertiary alicyclic amines) is 2. The van der Waals surface area contributed by atoms with Crippen LogP contribution in [-0.4, -0.2) is 95.1 Å². The van der Waals surface area contributed by atoms with Crippen LogP contribution in [0.2, 0.25) is 0 Å². The van der Waals surface area contributed by atoms with E-state index in [-0.39, 0.29) is 52.5 Å². The second kappa shape index (κ2) is 14.8. The number of carbonyl (C=O) groups excluding carboxylic acids is 6. The van der Waals surface area contributed by atoms with Gasteiger partial charge in [0.2, 0.25) is 23.5 Å². The van der Waals surface area contributed by atoms with Gasteiger partial charge in [-0.1, -0.05) is 72.2 Å². The van der Waals surface area contributed by atoms with Crippen LogP contribution in [0, 0.1) is 28.6 Å². The van der Waals surface area contributed by atoms with Gasteiger partial charge in [-0.15, -0.1) is 0 Å². The summed E-state index contributed by atoms with van der Waals surface area (Å²) in [4.78, 5) is 85.1. The number of ketones is 1. The SMILES string of the molecule is CCCC(NC(=O)[C@@H]1[C@@H]2[C@H](CN1C(=O)[C@@H](NC(=O)N[C@H](CN1CCCCC1=O)C(C)(C)C)C1Cc3ccccc3C1)C2(C)C)C(=O)C(=O)NC1CC1. The lowest BCUT2D eigenvalue weighted by Crippen LogP contribution is -2.62. The van der Waals surface area contributed by atoms with Crippen molar-refractivity contribution in [2.45, 2.75) is 130 Å². The number of hydrogen-bond acceptors (Lipinski definition) is 6. The first-order valence-electron chi connectivity index (χ1n) is 19.5. The molecule has 52 heavy (non-hydrogen) atoms. The Bertz CT molecular complexity index is 1560. The van der Waals surface area contributed by atoms with Crippen molar-refractivity contribution in [1.82, 2.24) is 31.1 Å². The molecule has 5 aliphatic rings. The molecule has 12 heteroatoms. The number of hydrogen-bond donors (Lipinski definition) is 4. The van der Waals surface area contributed by atoms with Crippen LogP contribution < -0.4 is 21.3 Å². The molecular weight excluding hydrogens is 660 g/mol.